The number of para-hydroxylation sites is 1. The first-order chi connectivity index (χ1) is 12.0. The quantitative estimate of drug-likeness (QED) is 0.697. The van der Waals surface area contributed by atoms with Crippen LogP contribution in [0.3, 0.4) is 0 Å². The molecule has 2 heterocycles. The minimum Gasteiger partial charge on any atom is -0.462 e. The molecule has 0 aliphatic rings. The Morgan fingerprint density at radius 3 is 2.72 bits per heavy atom. The van der Waals surface area contributed by atoms with E-state index in [0.29, 0.717) is 11.3 Å². The number of ether oxygens (including phenoxy) is 1. The summed E-state index contributed by atoms with van der Waals surface area (Å²) in [6, 6.07) is 9.54. The van der Waals surface area contributed by atoms with Crippen molar-refractivity contribution in [1.29, 1.82) is 0 Å². The SMILES string of the molecule is CCOC(=O)c1c(N)c2cnc(N(C)c3ccccc3)nc2[nH]c1=O. The zero-order valence-corrected chi connectivity index (χ0v) is 13.8. The maximum atomic E-state index is 12.2. The van der Waals surface area contributed by atoms with Crippen LogP contribution in [-0.4, -0.2) is 34.6 Å². The van der Waals surface area contributed by atoms with Crippen molar-refractivity contribution in [1.82, 2.24) is 15.0 Å². The third-order valence-corrected chi connectivity index (χ3v) is 3.72. The number of benzene rings is 1. The van der Waals surface area contributed by atoms with Crippen LogP contribution in [0.4, 0.5) is 17.3 Å². The van der Waals surface area contributed by atoms with Crippen LogP contribution in [0, 0.1) is 0 Å². The number of carbonyl (C=O) groups is 1. The summed E-state index contributed by atoms with van der Waals surface area (Å²) in [6.45, 7) is 1.80. The Bertz CT molecular complexity index is 985. The number of fused-ring (bicyclic) bond motifs is 1. The fourth-order valence-electron chi connectivity index (χ4n) is 2.43. The maximum Gasteiger partial charge on any atom is 0.345 e. The number of nitrogens with zero attached hydrogens (tertiary/aromatic N) is 3. The lowest BCUT2D eigenvalue weighted by Crippen LogP contribution is -2.23. The summed E-state index contributed by atoms with van der Waals surface area (Å²) in [5.74, 6) is -0.383. The molecule has 0 amide bonds. The smallest absolute Gasteiger partial charge is 0.345 e. The highest BCUT2D eigenvalue weighted by Crippen LogP contribution is 2.24. The van der Waals surface area contributed by atoms with Gasteiger partial charge in [-0.1, -0.05) is 18.2 Å². The second-order valence-electron chi connectivity index (χ2n) is 5.29. The van der Waals surface area contributed by atoms with Crippen molar-refractivity contribution in [2.75, 3.05) is 24.3 Å². The number of rotatable bonds is 4. The molecule has 0 saturated heterocycles. The molecule has 25 heavy (non-hydrogen) atoms. The van der Waals surface area contributed by atoms with Gasteiger partial charge in [0.25, 0.3) is 5.56 Å². The summed E-state index contributed by atoms with van der Waals surface area (Å²) >= 11 is 0. The third-order valence-electron chi connectivity index (χ3n) is 3.72. The van der Waals surface area contributed by atoms with Crippen LogP contribution in [0.2, 0.25) is 0 Å². The minimum atomic E-state index is -0.770. The summed E-state index contributed by atoms with van der Waals surface area (Å²) < 4.78 is 4.87. The van der Waals surface area contributed by atoms with Crippen LogP contribution in [0.1, 0.15) is 17.3 Å². The fourth-order valence-corrected chi connectivity index (χ4v) is 2.43. The van der Waals surface area contributed by atoms with Crippen molar-refractivity contribution >= 4 is 34.3 Å². The van der Waals surface area contributed by atoms with Crippen LogP contribution in [-0.2, 0) is 4.74 Å². The summed E-state index contributed by atoms with van der Waals surface area (Å²) in [7, 11) is 1.81. The van der Waals surface area contributed by atoms with Crippen LogP contribution in [0.25, 0.3) is 11.0 Å². The first-order valence-corrected chi connectivity index (χ1v) is 7.67. The van der Waals surface area contributed by atoms with Crippen molar-refractivity contribution in [3.8, 4) is 0 Å². The van der Waals surface area contributed by atoms with Gasteiger partial charge in [-0.25, -0.2) is 9.78 Å². The number of carbonyl (C=O) groups excluding carboxylic acids is 1. The topological polar surface area (TPSA) is 114 Å². The Kier molecular flexibility index (Phi) is 4.34. The normalized spacial score (nSPS) is 10.6. The van der Waals surface area contributed by atoms with Crippen LogP contribution >= 0.6 is 0 Å². The van der Waals surface area contributed by atoms with E-state index in [1.165, 1.54) is 6.20 Å². The number of H-pyrrole nitrogens is 1. The van der Waals surface area contributed by atoms with E-state index >= 15 is 0 Å². The summed E-state index contributed by atoms with van der Waals surface area (Å²) in [4.78, 5) is 37.1. The molecule has 0 atom stereocenters. The van der Waals surface area contributed by atoms with E-state index in [9.17, 15) is 9.59 Å². The van der Waals surface area contributed by atoms with Gasteiger partial charge in [0.1, 0.15) is 11.2 Å². The molecular weight excluding hydrogens is 322 g/mol. The number of nitrogen functional groups attached to an aromatic ring is 1. The Morgan fingerprint density at radius 1 is 1.32 bits per heavy atom. The zero-order chi connectivity index (χ0) is 18.0. The maximum absolute atomic E-state index is 12.2. The number of aromatic amines is 1. The van der Waals surface area contributed by atoms with Gasteiger partial charge in [0.15, 0.2) is 0 Å². The molecule has 0 aliphatic carbocycles. The largest absolute Gasteiger partial charge is 0.462 e. The molecule has 0 aliphatic heterocycles. The minimum absolute atomic E-state index is 0.00566. The lowest BCUT2D eigenvalue weighted by Gasteiger charge is -2.17. The first-order valence-electron chi connectivity index (χ1n) is 7.67. The highest BCUT2D eigenvalue weighted by Gasteiger charge is 2.20. The van der Waals surface area contributed by atoms with Crippen molar-refractivity contribution in [2.45, 2.75) is 6.92 Å². The van der Waals surface area contributed by atoms with E-state index in [4.69, 9.17) is 10.5 Å². The molecular formula is C17H17N5O3. The Hall–Kier alpha value is -3.42. The number of pyridine rings is 1. The molecule has 3 N–H and O–H groups in total. The molecule has 0 bridgehead atoms. The van der Waals surface area contributed by atoms with Crippen LogP contribution < -0.4 is 16.2 Å². The monoisotopic (exact) mass is 339 g/mol. The number of anilines is 3. The molecule has 0 fully saturated rings. The second-order valence-corrected chi connectivity index (χ2v) is 5.29. The number of aromatic nitrogens is 3. The van der Waals surface area contributed by atoms with Crippen molar-refractivity contribution < 1.29 is 9.53 Å². The molecule has 8 nitrogen and oxygen atoms in total. The Balaban J connectivity index is 2.09. The molecule has 1 aromatic carbocycles. The molecule has 0 spiro atoms. The van der Waals surface area contributed by atoms with Crippen molar-refractivity contribution in [3.63, 3.8) is 0 Å². The van der Waals surface area contributed by atoms with Gasteiger partial charge in [0.2, 0.25) is 5.95 Å². The molecule has 0 radical (unpaired) electrons. The van der Waals surface area contributed by atoms with Gasteiger partial charge in [-0.3, -0.25) is 4.79 Å². The average Bonchev–Trinajstić information content (AvgIpc) is 2.61. The van der Waals surface area contributed by atoms with Crippen LogP contribution in [0.15, 0.2) is 41.3 Å². The van der Waals surface area contributed by atoms with E-state index in [1.54, 1.807) is 11.8 Å². The number of nitrogens with two attached hydrogens (primary N) is 1. The number of hydrogen-bond donors (Lipinski definition) is 2. The molecule has 2 aromatic heterocycles. The number of esters is 1. The molecule has 3 rings (SSSR count). The van der Waals surface area contributed by atoms with Crippen molar-refractivity contribution in [3.05, 3.63) is 52.4 Å². The Labute approximate surface area is 143 Å². The predicted octanol–water partition coefficient (Wildman–Crippen LogP) is 1.84. The van der Waals surface area contributed by atoms with Gasteiger partial charge >= 0.3 is 5.97 Å². The number of hydrogen-bond acceptors (Lipinski definition) is 7. The molecule has 8 heteroatoms. The van der Waals surface area contributed by atoms with Gasteiger partial charge in [-0.2, -0.15) is 4.98 Å². The lowest BCUT2D eigenvalue weighted by atomic mass is 10.2. The zero-order valence-electron chi connectivity index (χ0n) is 13.8. The lowest BCUT2D eigenvalue weighted by molar-refractivity contribution is 0.0526. The molecule has 128 valence electrons. The van der Waals surface area contributed by atoms with Gasteiger partial charge in [-0.15, -0.1) is 0 Å². The summed E-state index contributed by atoms with van der Waals surface area (Å²) in [6.07, 6.45) is 1.48. The highest BCUT2D eigenvalue weighted by atomic mass is 16.5. The van der Waals surface area contributed by atoms with Gasteiger partial charge in [-0.05, 0) is 19.1 Å². The molecule has 0 saturated carbocycles. The second kappa shape index (κ2) is 6.60. The fraction of sp³-hybridized carbons (Fsp3) is 0.176. The highest BCUT2D eigenvalue weighted by molar-refractivity contribution is 6.02. The summed E-state index contributed by atoms with van der Waals surface area (Å²) in [5.41, 5.74) is 6.24. The first kappa shape index (κ1) is 16.4. The summed E-state index contributed by atoms with van der Waals surface area (Å²) in [5, 5.41) is 0.382. The van der Waals surface area contributed by atoms with Crippen molar-refractivity contribution in [2.24, 2.45) is 0 Å². The van der Waals surface area contributed by atoms with E-state index in [2.05, 4.69) is 15.0 Å². The molecule has 3 aromatic rings. The van der Waals surface area contributed by atoms with Gasteiger partial charge in [0.05, 0.1) is 17.7 Å². The third kappa shape index (κ3) is 3.01. The van der Waals surface area contributed by atoms with Crippen LogP contribution in [0.5, 0.6) is 0 Å². The van der Waals surface area contributed by atoms with E-state index in [0.717, 1.165) is 5.69 Å². The standard InChI is InChI=1S/C17H17N5O3/c1-3-25-16(24)12-13(18)11-9-19-17(21-14(11)20-15(12)23)22(2)10-7-5-4-6-8-10/h4-9H,3H2,1-2H3,(H3,18,19,20,21,23). The van der Waals surface area contributed by atoms with E-state index in [1.807, 2.05) is 37.4 Å². The average molecular weight is 339 g/mol. The van der Waals surface area contributed by atoms with Gasteiger partial charge in [0, 0.05) is 18.9 Å². The molecule has 0 unspecified atom stereocenters. The van der Waals surface area contributed by atoms with E-state index < -0.39 is 11.5 Å². The van der Waals surface area contributed by atoms with E-state index in [-0.39, 0.29) is 23.5 Å². The Morgan fingerprint density at radius 2 is 2.04 bits per heavy atom. The van der Waals surface area contributed by atoms with Gasteiger partial charge < -0.3 is 20.4 Å². The number of nitrogens with one attached hydrogen (secondary N) is 1. The predicted molar refractivity (Wildman–Crippen MR) is 95.0 cm³/mol.